The van der Waals surface area contributed by atoms with Crippen LogP contribution >= 0.6 is 0 Å². The molecule has 26 heavy (non-hydrogen) atoms. The third kappa shape index (κ3) is 13.4. The highest BCUT2D eigenvalue weighted by atomic mass is 14.9. The van der Waals surface area contributed by atoms with Gasteiger partial charge in [-0.3, -0.25) is 0 Å². The molecule has 0 aliphatic rings. The highest BCUT2D eigenvalue weighted by Crippen LogP contribution is 2.12. The molecule has 0 aliphatic heterocycles. The van der Waals surface area contributed by atoms with Gasteiger partial charge in [0.15, 0.2) is 12.4 Å². The maximum absolute atomic E-state index is 2.37. The fourth-order valence-electron chi connectivity index (χ4n) is 3.70. The minimum atomic E-state index is 1.19. The van der Waals surface area contributed by atoms with Gasteiger partial charge in [-0.15, -0.1) is 0 Å². The van der Waals surface area contributed by atoms with Crippen molar-refractivity contribution in [1.82, 2.24) is 0 Å². The molecule has 0 saturated carbocycles. The fraction of sp³-hybridized carbons (Fsp3) is 0.800. The summed E-state index contributed by atoms with van der Waals surface area (Å²) in [6, 6.07) is 4.65. The van der Waals surface area contributed by atoms with Crippen molar-refractivity contribution in [1.29, 1.82) is 0 Å². The zero-order valence-electron chi connectivity index (χ0n) is 18.0. The zero-order valence-corrected chi connectivity index (χ0v) is 18.0. The first kappa shape index (κ1) is 23.2. The first-order valence-corrected chi connectivity index (χ1v) is 11.8. The van der Waals surface area contributed by atoms with Crippen molar-refractivity contribution in [2.24, 2.45) is 0 Å². The second-order valence-electron chi connectivity index (χ2n) is 8.14. The third-order valence-corrected chi connectivity index (χ3v) is 5.55. The van der Waals surface area contributed by atoms with Gasteiger partial charge in [-0.25, -0.2) is 4.57 Å². The molecule has 0 aliphatic carbocycles. The highest BCUT2D eigenvalue weighted by Gasteiger charge is 2.01. The van der Waals surface area contributed by atoms with E-state index in [1.54, 1.807) is 0 Å². The van der Waals surface area contributed by atoms with Crippen LogP contribution in [0.3, 0.4) is 0 Å². The summed E-state index contributed by atoms with van der Waals surface area (Å²) in [6.45, 7) is 5.76. The van der Waals surface area contributed by atoms with E-state index in [0.717, 1.165) is 0 Å². The Bertz CT molecular complexity index is 395. The van der Waals surface area contributed by atoms with E-state index < -0.39 is 0 Å². The predicted molar refractivity (Wildman–Crippen MR) is 116 cm³/mol. The standard InChI is InChI=1S/C25H46N/c1-3-5-7-9-10-11-12-13-14-15-16-18-22-26-23-20-25(21-24-26)19-17-8-6-4-2/h20-21,23-24H,3-19,22H2,1-2H3/q+1. The van der Waals surface area contributed by atoms with E-state index in [4.69, 9.17) is 0 Å². The van der Waals surface area contributed by atoms with Crippen LogP contribution in [0.4, 0.5) is 0 Å². The second kappa shape index (κ2) is 17.6. The fourth-order valence-corrected chi connectivity index (χ4v) is 3.70. The Morgan fingerprint density at radius 3 is 1.46 bits per heavy atom. The summed E-state index contributed by atoms with van der Waals surface area (Å²) in [5.74, 6) is 0. The molecule has 0 amide bonds. The lowest BCUT2D eigenvalue weighted by atomic mass is 10.1. The topological polar surface area (TPSA) is 3.88 Å². The smallest absolute Gasteiger partial charge is 0.169 e. The molecular weight excluding hydrogens is 314 g/mol. The molecule has 150 valence electrons. The largest absolute Gasteiger partial charge is 0.205 e. The van der Waals surface area contributed by atoms with Crippen molar-refractivity contribution < 1.29 is 4.57 Å². The van der Waals surface area contributed by atoms with Gasteiger partial charge in [0.2, 0.25) is 0 Å². The number of hydrogen-bond donors (Lipinski definition) is 0. The zero-order chi connectivity index (χ0) is 18.7. The molecule has 1 aromatic rings. The van der Waals surface area contributed by atoms with Crippen molar-refractivity contribution >= 4 is 0 Å². The lowest BCUT2D eigenvalue weighted by Gasteiger charge is -2.03. The number of unbranched alkanes of at least 4 members (excludes halogenated alkanes) is 14. The van der Waals surface area contributed by atoms with Crippen LogP contribution in [0.1, 0.15) is 122 Å². The molecule has 1 rings (SSSR count). The minimum Gasteiger partial charge on any atom is -0.205 e. The van der Waals surface area contributed by atoms with Gasteiger partial charge in [0.05, 0.1) is 0 Å². The van der Waals surface area contributed by atoms with E-state index >= 15 is 0 Å². The van der Waals surface area contributed by atoms with E-state index in [-0.39, 0.29) is 0 Å². The van der Waals surface area contributed by atoms with Crippen LogP contribution in [0.5, 0.6) is 0 Å². The van der Waals surface area contributed by atoms with E-state index in [0.29, 0.717) is 0 Å². The average molecular weight is 361 g/mol. The molecule has 0 N–H and O–H groups in total. The minimum absolute atomic E-state index is 1.19. The van der Waals surface area contributed by atoms with E-state index in [9.17, 15) is 0 Å². The van der Waals surface area contributed by atoms with Gasteiger partial charge in [-0.05, 0) is 24.8 Å². The Morgan fingerprint density at radius 2 is 0.962 bits per heavy atom. The van der Waals surface area contributed by atoms with Gasteiger partial charge < -0.3 is 0 Å². The number of nitrogens with zero attached hydrogens (tertiary/aromatic N) is 1. The van der Waals surface area contributed by atoms with Crippen LogP contribution < -0.4 is 4.57 Å². The van der Waals surface area contributed by atoms with Crippen LogP contribution in [0.15, 0.2) is 24.5 Å². The third-order valence-electron chi connectivity index (χ3n) is 5.55. The number of aryl methyl sites for hydroxylation is 2. The maximum Gasteiger partial charge on any atom is 0.169 e. The summed E-state index contributed by atoms with van der Waals surface area (Å²) in [6.07, 6.45) is 28.4. The second-order valence-corrected chi connectivity index (χ2v) is 8.14. The molecule has 1 nitrogen and oxygen atoms in total. The summed E-state index contributed by atoms with van der Waals surface area (Å²) < 4.78 is 2.37. The van der Waals surface area contributed by atoms with Crippen LogP contribution in [-0.2, 0) is 13.0 Å². The van der Waals surface area contributed by atoms with Gasteiger partial charge in [0, 0.05) is 18.6 Å². The van der Waals surface area contributed by atoms with Gasteiger partial charge in [0.25, 0.3) is 0 Å². The lowest BCUT2D eigenvalue weighted by molar-refractivity contribution is -0.697. The predicted octanol–water partition coefficient (Wildman–Crippen LogP) is 7.80. The maximum atomic E-state index is 2.37. The molecule has 0 radical (unpaired) electrons. The summed E-state index contributed by atoms with van der Waals surface area (Å²) >= 11 is 0. The summed E-state index contributed by atoms with van der Waals surface area (Å²) in [7, 11) is 0. The first-order valence-electron chi connectivity index (χ1n) is 11.8. The molecule has 0 atom stereocenters. The Morgan fingerprint density at radius 1 is 0.538 bits per heavy atom. The number of hydrogen-bond acceptors (Lipinski definition) is 0. The quantitative estimate of drug-likeness (QED) is 0.186. The summed E-state index contributed by atoms with van der Waals surface area (Å²) in [5.41, 5.74) is 1.51. The molecule has 1 aromatic heterocycles. The van der Waals surface area contributed by atoms with Crippen LogP contribution in [-0.4, -0.2) is 0 Å². The van der Waals surface area contributed by atoms with E-state index in [1.807, 2.05) is 0 Å². The Hall–Kier alpha value is -0.850. The normalized spacial score (nSPS) is 11.2. The Labute approximate surface area is 164 Å². The average Bonchev–Trinajstić information content (AvgIpc) is 2.67. The highest BCUT2D eigenvalue weighted by molar-refractivity contribution is 5.07. The number of rotatable bonds is 18. The van der Waals surface area contributed by atoms with Gasteiger partial charge in [-0.2, -0.15) is 0 Å². The molecule has 1 heteroatoms. The van der Waals surface area contributed by atoms with Gasteiger partial charge >= 0.3 is 0 Å². The van der Waals surface area contributed by atoms with Gasteiger partial charge in [-0.1, -0.05) is 97.3 Å². The SMILES string of the molecule is CCCCCCCCCCCCCC[n+]1ccc(CCCCCC)cc1. The summed E-state index contributed by atoms with van der Waals surface area (Å²) in [5, 5.41) is 0. The van der Waals surface area contributed by atoms with E-state index in [2.05, 4.69) is 42.9 Å². The molecule has 0 spiro atoms. The molecule has 0 bridgehead atoms. The molecular formula is C25H46N+. The monoisotopic (exact) mass is 360 g/mol. The number of pyridine rings is 1. The van der Waals surface area contributed by atoms with Crippen molar-refractivity contribution in [3.8, 4) is 0 Å². The van der Waals surface area contributed by atoms with Crippen LogP contribution in [0.2, 0.25) is 0 Å². The Balaban J connectivity index is 1.91. The number of aromatic nitrogens is 1. The molecule has 0 unspecified atom stereocenters. The molecule has 0 fully saturated rings. The molecule has 1 heterocycles. The van der Waals surface area contributed by atoms with Crippen molar-refractivity contribution in [2.45, 2.75) is 130 Å². The molecule has 0 aromatic carbocycles. The van der Waals surface area contributed by atoms with Crippen molar-refractivity contribution in [3.63, 3.8) is 0 Å². The van der Waals surface area contributed by atoms with Gasteiger partial charge in [0.1, 0.15) is 6.54 Å². The van der Waals surface area contributed by atoms with E-state index in [1.165, 1.54) is 121 Å². The molecule has 0 saturated heterocycles. The van der Waals surface area contributed by atoms with Crippen LogP contribution in [0.25, 0.3) is 0 Å². The Kier molecular flexibility index (Phi) is 15.7. The summed E-state index contributed by atoms with van der Waals surface area (Å²) in [4.78, 5) is 0. The van der Waals surface area contributed by atoms with Crippen molar-refractivity contribution in [3.05, 3.63) is 30.1 Å². The van der Waals surface area contributed by atoms with Crippen LogP contribution in [0, 0.1) is 0 Å². The van der Waals surface area contributed by atoms with Crippen molar-refractivity contribution in [2.75, 3.05) is 0 Å². The first-order chi connectivity index (χ1) is 12.9. The lowest BCUT2D eigenvalue weighted by Crippen LogP contribution is -2.32.